The molecule has 1 N–H and O–H groups in total. The van der Waals surface area contributed by atoms with E-state index in [1.54, 1.807) is 18.4 Å². The quantitative estimate of drug-likeness (QED) is 0.906. The van der Waals surface area contributed by atoms with Crippen LogP contribution in [0.1, 0.15) is 31.4 Å². The molecule has 0 spiro atoms. The van der Waals surface area contributed by atoms with Crippen molar-refractivity contribution < 1.29 is 8.81 Å². The number of hydrogen-bond donors (Lipinski definition) is 1. The molecule has 1 aliphatic rings. The lowest BCUT2D eigenvalue weighted by molar-refractivity contribution is 0.524. The number of hydrogen-bond acceptors (Lipinski definition) is 3. The zero-order chi connectivity index (χ0) is 13.8. The molecule has 106 valence electrons. The summed E-state index contributed by atoms with van der Waals surface area (Å²) >= 11 is 0. The minimum atomic E-state index is -0.249. The Bertz CT molecular complexity index is 544. The van der Waals surface area contributed by atoms with Crippen molar-refractivity contribution in [3.8, 4) is 11.5 Å². The van der Waals surface area contributed by atoms with Crippen molar-refractivity contribution in [2.45, 2.75) is 38.1 Å². The summed E-state index contributed by atoms with van der Waals surface area (Å²) in [7, 11) is 0. The summed E-state index contributed by atoms with van der Waals surface area (Å²) in [5, 5.41) is 3.56. The lowest BCUT2D eigenvalue weighted by atomic mass is 10.2. The van der Waals surface area contributed by atoms with Crippen LogP contribution in [0.15, 0.2) is 34.9 Å². The first kappa shape index (κ1) is 13.3. The number of nitrogens with zero attached hydrogens (tertiary/aromatic N) is 1. The van der Waals surface area contributed by atoms with Crippen LogP contribution in [0.5, 0.6) is 0 Å². The van der Waals surface area contributed by atoms with Crippen LogP contribution in [-0.2, 0) is 6.42 Å². The summed E-state index contributed by atoms with van der Waals surface area (Å²) in [6.07, 6.45) is 7.82. The minimum absolute atomic E-state index is 0.249. The van der Waals surface area contributed by atoms with Gasteiger partial charge in [0.25, 0.3) is 0 Å². The molecule has 0 bridgehead atoms. The Morgan fingerprint density at radius 1 is 1.20 bits per heavy atom. The molecule has 1 aromatic heterocycles. The third kappa shape index (κ3) is 3.25. The van der Waals surface area contributed by atoms with E-state index in [9.17, 15) is 4.39 Å². The fourth-order valence-electron chi connectivity index (χ4n) is 2.68. The van der Waals surface area contributed by atoms with Crippen molar-refractivity contribution in [1.29, 1.82) is 0 Å². The molecular weight excluding hydrogens is 255 g/mol. The van der Waals surface area contributed by atoms with E-state index in [4.69, 9.17) is 4.42 Å². The normalized spacial score (nSPS) is 15.8. The van der Waals surface area contributed by atoms with Gasteiger partial charge in [-0.1, -0.05) is 12.8 Å². The van der Waals surface area contributed by atoms with Gasteiger partial charge in [0.1, 0.15) is 12.1 Å². The van der Waals surface area contributed by atoms with Crippen LogP contribution in [0.3, 0.4) is 0 Å². The molecule has 4 heteroatoms. The second kappa shape index (κ2) is 6.18. The van der Waals surface area contributed by atoms with Gasteiger partial charge >= 0.3 is 0 Å². The van der Waals surface area contributed by atoms with Crippen LogP contribution < -0.4 is 5.32 Å². The maximum absolute atomic E-state index is 12.9. The molecule has 3 rings (SSSR count). The summed E-state index contributed by atoms with van der Waals surface area (Å²) in [6, 6.07) is 6.88. The maximum atomic E-state index is 12.9. The van der Waals surface area contributed by atoms with E-state index in [-0.39, 0.29) is 5.82 Å². The van der Waals surface area contributed by atoms with Crippen LogP contribution in [0, 0.1) is 5.82 Å². The molecule has 1 aromatic carbocycles. The molecule has 2 aromatic rings. The van der Waals surface area contributed by atoms with Gasteiger partial charge in [0.05, 0.1) is 5.69 Å². The lowest BCUT2D eigenvalue weighted by Gasteiger charge is -2.09. The smallest absolute Gasteiger partial charge is 0.226 e. The molecule has 20 heavy (non-hydrogen) atoms. The molecule has 0 unspecified atom stereocenters. The van der Waals surface area contributed by atoms with Gasteiger partial charge in [-0.3, -0.25) is 0 Å². The highest BCUT2D eigenvalue weighted by molar-refractivity contribution is 5.52. The first-order valence-electron chi connectivity index (χ1n) is 7.25. The predicted octanol–water partition coefficient (Wildman–Crippen LogP) is 3.56. The van der Waals surface area contributed by atoms with Gasteiger partial charge in [0, 0.05) is 24.6 Å². The summed E-state index contributed by atoms with van der Waals surface area (Å²) in [4.78, 5) is 4.45. The number of benzene rings is 1. The van der Waals surface area contributed by atoms with E-state index in [2.05, 4.69) is 10.3 Å². The lowest BCUT2D eigenvalue weighted by Crippen LogP contribution is -2.28. The molecule has 1 saturated carbocycles. The van der Waals surface area contributed by atoms with Gasteiger partial charge in [0.15, 0.2) is 0 Å². The van der Waals surface area contributed by atoms with Gasteiger partial charge in [-0.25, -0.2) is 9.37 Å². The van der Waals surface area contributed by atoms with Crippen LogP contribution in [0.4, 0.5) is 4.39 Å². The maximum Gasteiger partial charge on any atom is 0.226 e. The number of oxazole rings is 1. The molecule has 1 aliphatic carbocycles. The molecule has 3 nitrogen and oxygen atoms in total. The molecule has 0 amide bonds. The van der Waals surface area contributed by atoms with Crippen molar-refractivity contribution >= 4 is 0 Å². The Morgan fingerprint density at radius 3 is 2.70 bits per heavy atom. The number of aromatic nitrogens is 1. The van der Waals surface area contributed by atoms with E-state index >= 15 is 0 Å². The van der Waals surface area contributed by atoms with Crippen molar-refractivity contribution in [3.63, 3.8) is 0 Å². The van der Waals surface area contributed by atoms with E-state index in [1.165, 1.54) is 37.8 Å². The molecule has 1 heterocycles. The Morgan fingerprint density at radius 2 is 1.95 bits per heavy atom. The fraction of sp³-hybridized carbons (Fsp3) is 0.438. The largest absolute Gasteiger partial charge is 0.444 e. The standard InChI is InChI=1S/C16H19FN2O/c17-13-7-5-12(6-8-13)16-19-15(11-20-16)9-10-18-14-3-1-2-4-14/h5-8,11,14,18H,1-4,9-10H2. The molecule has 0 radical (unpaired) electrons. The minimum Gasteiger partial charge on any atom is -0.444 e. The summed E-state index contributed by atoms with van der Waals surface area (Å²) in [6.45, 7) is 0.931. The Kier molecular flexibility index (Phi) is 4.11. The van der Waals surface area contributed by atoms with Crippen molar-refractivity contribution in [2.24, 2.45) is 0 Å². The molecule has 0 saturated heterocycles. The fourth-order valence-corrected chi connectivity index (χ4v) is 2.68. The van der Waals surface area contributed by atoms with E-state index in [0.717, 1.165) is 24.2 Å². The van der Waals surface area contributed by atoms with Gasteiger partial charge < -0.3 is 9.73 Å². The highest BCUT2D eigenvalue weighted by Crippen LogP contribution is 2.20. The van der Waals surface area contributed by atoms with Crippen molar-refractivity contribution in [1.82, 2.24) is 10.3 Å². The number of nitrogens with one attached hydrogen (secondary N) is 1. The van der Waals surface area contributed by atoms with E-state index in [1.807, 2.05) is 0 Å². The summed E-state index contributed by atoms with van der Waals surface area (Å²) in [5.74, 6) is 0.308. The van der Waals surface area contributed by atoms with Crippen LogP contribution in [0.25, 0.3) is 11.5 Å². The topological polar surface area (TPSA) is 38.1 Å². The molecule has 1 fully saturated rings. The molecule has 0 atom stereocenters. The third-order valence-electron chi connectivity index (χ3n) is 3.81. The van der Waals surface area contributed by atoms with E-state index < -0.39 is 0 Å². The van der Waals surface area contributed by atoms with Gasteiger partial charge in [0.2, 0.25) is 5.89 Å². The average molecular weight is 274 g/mol. The Balaban J connectivity index is 1.55. The highest BCUT2D eigenvalue weighted by Gasteiger charge is 2.14. The SMILES string of the molecule is Fc1ccc(-c2nc(CCNC3CCCC3)co2)cc1. The summed E-state index contributed by atoms with van der Waals surface area (Å²) in [5.41, 5.74) is 1.75. The zero-order valence-corrected chi connectivity index (χ0v) is 11.4. The first-order valence-corrected chi connectivity index (χ1v) is 7.25. The van der Waals surface area contributed by atoms with Crippen LogP contribution in [0.2, 0.25) is 0 Å². The monoisotopic (exact) mass is 274 g/mol. The zero-order valence-electron chi connectivity index (χ0n) is 11.4. The Labute approximate surface area is 118 Å². The molecular formula is C16H19FN2O. The van der Waals surface area contributed by atoms with Gasteiger partial charge in [-0.05, 0) is 37.1 Å². The summed E-state index contributed by atoms with van der Waals surface area (Å²) < 4.78 is 18.3. The predicted molar refractivity (Wildman–Crippen MR) is 75.9 cm³/mol. The first-order chi connectivity index (χ1) is 9.81. The highest BCUT2D eigenvalue weighted by atomic mass is 19.1. The third-order valence-corrected chi connectivity index (χ3v) is 3.81. The second-order valence-electron chi connectivity index (χ2n) is 5.34. The van der Waals surface area contributed by atoms with Gasteiger partial charge in [-0.15, -0.1) is 0 Å². The van der Waals surface area contributed by atoms with Crippen LogP contribution >= 0.6 is 0 Å². The molecule has 0 aliphatic heterocycles. The number of halogens is 1. The van der Waals surface area contributed by atoms with Crippen molar-refractivity contribution in [3.05, 3.63) is 42.0 Å². The van der Waals surface area contributed by atoms with Crippen LogP contribution in [-0.4, -0.2) is 17.6 Å². The Hall–Kier alpha value is -1.68. The van der Waals surface area contributed by atoms with E-state index in [0.29, 0.717) is 11.9 Å². The average Bonchev–Trinajstić information content (AvgIpc) is 3.11. The number of rotatable bonds is 5. The van der Waals surface area contributed by atoms with Gasteiger partial charge in [-0.2, -0.15) is 0 Å². The van der Waals surface area contributed by atoms with Crippen molar-refractivity contribution in [2.75, 3.05) is 6.54 Å². The second-order valence-corrected chi connectivity index (χ2v) is 5.34.